The zero-order valence-electron chi connectivity index (χ0n) is 14.0. The van der Waals surface area contributed by atoms with Gasteiger partial charge in [0.2, 0.25) is 0 Å². The van der Waals surface area contributed by atoms with Gasteiger partial charge in [-0.1, -0.05) is 44.7 Å². The second-order valence-corrected chi connectivity index (χ2v) is 6.19. The van der Waals surface area contributed by atoms with Crippen molar-refractivity contribution in [2.45, 2.75) is 52.0 Å². The van der Waals surface area contributed by atoms with Gasteiger partial charge in [-0.25, -0.2) is 9.55 Å². The molecule has 0 saturated carbocycles. The first kappa shape index (κ1) is 15.7. The average Bonchev–Trinajstić information content (AvgIpc) is 3.02. The van der Waals surface area contributed by atoms with Gasteiger partial charge >= 0.3 is 0 Å². The molecule has 0 aliphatic heterocycles. The summed E-state index contributed by atoms with van der Waals surface area (Å²) < 4.78 is 2.27. The molecule has 120 valence electrons. The van der Waals surface area contributed by atoms with Crippen molar-refractivity contribution in [3.63, 3.8) is 0 Å². The largest absolute Gasteiger partial charge is 0.338 e. The summed E-state index contributed by atoms with van der Waals surface area (Å²) in [6, 6.07) is 12.4. The van der Waals surface area contributed by atoms with Crippen molar-refractivity contribution < 1.29 is 4.57 Å². The molecule has 0 radical (unpaired) electrons. The molecule has 0 bridgehead atoms. The quantitative estimate of drug-likeness (QED) is 0.467. The number of imidazole rings is 1. The Morgan fingerprint density at radius 2 is 1.65 bits per heavy atom. The van der Waals surface area contributed by atoms with Crippen LogP contribution in [0.5, 0.6) is 0 Å². The highest BCUT2D eigenvalue weighted by Gasteiger charge is 2.07. The third kappa shape index (κ3) is 4.19. The van der Waals surface area contributed by atoms with Gasteiger partial charge in [0.05, 0.1) is 11.0 Å². The van der Waals surface area contributed by atoms with Crippen LogP contribution in [0.1, 0.15) is 45.4 Å². The van der Waals surface area contributed by atoms with Crippen LogP contribution in [0.3, 0.4) is 0 Å². The number of hydrogen-bond acceptors (Lipinski definition) is 1. The lowest BCUT2D eigenvalue weighted by atomic mass is 10.1. The van der Waals surface area contributed by atoms with E-state index in [0.29, 0.717) is 0 Å². The highest BCUT2D eigenvalue weighted by atomic mass is 14.9. The Bertz CT molecular complexity index is 695. The lowest BCUT2D eigenvalue weighted by Crippen LogP contribution is -2.32. The Balaban J connectivity index is 1.56. The number of nitrogens with zero attached hydrogens (tertiary/aromatic N) is 2. The molecular formula is C20H26N3+. The van der Waals surface area contributed by atoms with Gasteiger partial charge in [0.1, 0.15) is 12.4 Å². The van der Waals surface area contributed by atoms with Crippen LogP contribution in [0.15, 0.2) is 48.8 Å². The topological polar surface area (TPSA) is 32.6 Å². The molecule has 3 nitrogen and oxygen atoms in total. The maximum Gasteiger partial charge on any atom is 0.169 e. The highest BCUT2D eigenvalue weighted by Crippen LogP contribution is 2.19. The molecule has 0 fully saturated rings. The summed E-state index contributed by atoms with van der Waals surface area (Å²) in [6.45, 7) is 3.37. The van der Waals surface area contributed by atoms with Gasteiger partial charge < -0.3 is 4.98 Å². The van der Waals surface area contributed by atoms with Crippen molar-refractivity contribution >= 4 is 11.0 Å². The third-order valence-electron chi connectivity index (χ3n) is 4.32. The van der Waals surface area contributed by atoms with E-state index < -0.39 is 0 Å². The number of hydrogen-bond donors (Lipinski definition) is 1. The third-order valence-corrected chi connectivity index (χ3v) is 4.32. The highest BCUT2D eigenvalue weighted by molar-refractivity contribution is 5.78. The first-order valence-electron chi connectivity index (χ1n) is 8.81. The van der Waals surface area contributed by atoms with Crippen LogP contribution < -0.4 is 4.57 Å². The standard InChI is InChI=1S/C20H25N3/c1-2-3-4-5-6-9-14-23-15-12-17(13-16-23)20-21-18-10-7-8-11-19(18)22-20/h7-8,10-13,15-16H,2-6,9,14H2,1H3/p+1. The number of aromatic amines is 1. The molecule has 0 aliphatic rings. The zero-order chi connectivity index (χ0) is 15.9. The molecule has 23 heavy (non-hydrogen) atoms. The van der Waals surface area contributed by atoms with Crippen molar-refractivity contribution in [3.8, 4) is 11.4 Å². The van der Waals surface area contributed by atoms with E-state index in [-0.39, 0.29) is 0 Å². The van der Waals surface area contributed by atoms with Gasteiger partial charge in [-0.3, -0.25) is 0 Å². The van der Waals surface area contributed by atoms with E-state index >= 15 is 0 Å². The second kappa shape index (κ2) is 7.91. The molecule has 2 aromatic heterocycles. The summed E-state index contributed by atoms with van der Waals surface area (Å²) >= 11 is 0. The Hall–Kier alpha value is -2.16. The number of rotatable bonds is 8. The Labute approximate surface area is 138 Å². The van der Waals surface area contributed by atoms with Gasteiger partial charge in [-0.2, -0.15) is 0 Å². The summed E-state index contributed by atoms with van der Waals surface area (Å²) in [5.41, 5.74) is 3.25. The van der Waals surface area contributed by atoms with E-state index in [1.807, 2.05) is 18.2 Å². The lowest BCUT2D eigenvalue weighted by Gasteiger charge is -2.00. The van der Waals surface area contributed by atoms with Crippen LogP contribution in [0.2, 0.25) is 0 Å². The first-order valence-corrected chi connectivity index (χ1v) is 8.81. The first-order chi connectivity index (χ1) is 11.4. The lowest BCUT2D eigenvalue weighted by molar-refractivity contribution is -0.697. The molecule has 1 aromatic carbocycles. The molecule has 2 heterocycles. The van der Waals surface area contributed by atoms with Gasteiger partial charge in [-0.05, 0) is 18.6 Å². The normalized spacial score (nSPS) is 11.2. The zero-order valence-corrected chi connectivity index (χ0v) is 14.0. The second-order valence-electron chi connectivity index (χ2n) is 6.19. The fraction of sp³-hybridized carbons (Fsp3) is 0.400. The number of pyridine rings is 1. The monoisotopic (exact) mass is 308 g/mol. The molecule has 3 rings (SSSR count). The number of aryl methyl sites for hydroxylation is 1. The maximum atomic E-state index is 4.65. The summed E-state index contributed by atoms with van der Waals surface area (Å²) in [7, 11) is 0. The Kier molecular flexibility index (Phi) is 5.41. The minimum atomic E-state index is 0.943. The van der Waals surface area contributed by atoms with Crippen LogP contribution in [-0.4, -0.2) is 9.97 Å². The predicted molar refractivity (Wildman–Crippen MR) is 95.1 cm³/mol. The minimum absolute atomic E-state index is 0.943. The SMILES string of the molecule is CCCCCCCC[n+]1ccc(-c2nc3ccccc3[nH]2)cc1. The van der Waals surface area contributed by atoms with Crippen LogP contribution in [0, 0.1) is 0 Å². The minimum Gasteiger partial charge on any atom is -0.338 e. The van der Waals surface area contributed by atoms with Gasteiger partial charge in [-0.15, -0.1) is 0 Å². The van der Waals surface area contributed by atoms with Gasteiger partial charge in [0.15, 0.2) is 12.4 Å². The number of benzene rings is 1. The number of nitrogens with one attached hydrogen (secondary N) is 1. The van der Waals surface area contributed by atoms with Crippen molar-refractivity contribution in [1.29, 1.82) is 0 Å². The molecule has 1 N–H and O–H groups in total. The van der Waals surface area contributed by atoms with E-state index in [2.05, 4.69) is 52.1 Å². The van der Waals surface area contributed by atoms with Gasteiger partial charge in [0.25, 0.3) is 0 Å². The Morgan fingerprint density at radius 3 is 2.43 bits per heavy atom. The van der Waals surface area contributed by atoms with Crippen molar-refractivity contribution in [1.82, 2.24) is 9.97 Å². The van der Waals surface area contributed by atoms with E-state index in [1.54, 1.807) is 0 Å². The molecule has 3 aromatic rings. The van der Waals surface area contributed by atoms with Crippen LogP contribution >= 0.6 is 0 Å². The molecule has 0 spiro atoms. The Morgan fingerprint density at radius 1 is 0.913 bits per heavy atom. The van der Waals surface area contributed by atoms with Crippen molar-refractivity contribution in [2.24, 2.45) is 0 Å². The molecule has 0 amide bonds. The summed E-state index contributed by atoms with van der Waals surface area (Å²) in [5, 5.41) is 0. The molecule has 0 atom stereocenters. The molecule has 0 saturated heterocycles. The number of H-pyrrole nitrogens is 1. The summed E-state index contributed by atoms with van der Waals surface area (Å²) in [4.78, 5) is 8.03. The molecule has 0 aliphatic carbocycles. The smallest absolute Gasteiger partial charge is 0.169 e. The number of para-hydroxylation sites is 2. The van der Waals surface area contributed by atoms with E-state index in [1.165, 1.54) is 38.5 Å². The van der Waals surface area contributed by atoms with Crippen LogP contribution in [0.4, 0.5) is 0 Å². The van der Waals surface area contributed by atoms with Crippen molar-refractivity contribution in [2.75, 3.05) is 0 Å². The van der Waals surface area contributed by atoms with E-state index in [9.17, 15) is 0 Å². The predicted octanol–water partition coefficient (Wildman–Crippen LogP) is 4.88. The van der Waals surface area contributed by atoms with Crippen LogP contribution in [-0.2, 0) is 6.54 Å². The number of aromatic nitrogens is 3. The van der Waals surface area contributed by atoms with Gasteiger partial charge in [0, 0.05) is 24.1 Å². The molecule has 3 heteroatoms. The van der Waals surface area contributed by atoms with E-state index in [4.69, 9.17) is 0 Å². The van der Waals surface area contributed by atoms with E-state index in [0.717, 1.165) is 29.0 Å². The fourth-order valence-electron chi connectivity index (χ4n) is 2.93. The van der Waals surface area contributed by atoms with Crippen molar-refractivity contribution in [3.05, 3.63) is 48.8 Å². The molecular weight excluding hydrogens is 282 g/mol. The number of unbranched alkanes of at least 4 members (excludes halogenated alkanes) is 5. The summed E-state index contributed by atoms with van der Waals surface area (Å²) in [5.74, 6) is 0.943. The number of fused-ring (bicyclic) bond motifs is 1. The average molecular weight is 308 g/mol. The fourth-order valence-corrected chi connectivity index (χ4v) is 2.93. The summed E-state index contributed by atoms with van der Waals surface area (Å²) in [6.07, 6.45) is 12.4. The van der Waals surface area contributed by atoms with Crippen LogP contribution in [0.25, 0.3) is 22.4 Å². The molecule has 0 unspecified atom stereocenters. The maximum absolute atomic E-state index is 4.65.